The van der Waals surface area contributed by atoms with E-state index in [0.717, 1.165) is 88.1 Å². The number of fused-ring (bicyclic) bond motifs is 4. The Labute approximate surface area is 348 Å². The first-order valence-electron chi connectivity index (χ1n) is 21.1. The molecule has 3 N–H and O–H groups in total. The lowest BCUT2D eigenvalue weighted by atomic mass is 9.85. The summed E-state index contributed by atoms with van der Waals surface area (Å²) in [5.41, 5.74) is 1.96. The molecule has 1 aliphatic carbocycles. The van der Waals surface area contributed by atoms with Crippen LogP contribution in [0.1, 0.15) is 84.9 Å². The Balaban J connectivity index is 0.689. The van der Waals surface area contributed by atoms with Gasteiger partial charge in [0, 0.05) is 80.8 Å². The van der Waals surface area contributed by atoms with Gasteiger partial charge in [0.2, 0.25) is 17.7 Å². The predicted molar refractivity (Wildman–Crippen MR) is 217 cm³/mol. The van der Waals surface area contributed by atoms with E-state index in [2.05, 4.69) is 40.8 Å². The number of alkyl halides is 2. The molecule has 17 nitrogen and oxygen atoms in total. The van der Waals surface area contributed by atoms with E-state index in [9.17, 15) is 28.0 Å². The number of hydrogen-bond donors (Lipinski definition) is 3. The number of imide groups is 1. The molecule has 4 saturated heterocycles. The second kappa shape index (κ2) is 16.2. The fourth-order valence-electron chi connectivity index (χ4n) is 9.78. The fraction of sp³-hybridized carbons (Fsp3) is 0.500. The second-order valence-corrected chi connectivity index (χ2v) is 17.0. The molecule has 0 spiro atoms. The first-order valence-corrected chi connectivity index (χ1v) is 21.1. The third-order valence-electron chi connectivity index (χ3n) is 13.1. The zero-order chi connectivity index (χ0) is 41.8. The maximum atomic E-state index is 14.3. The topological polar surface area (TPSA) is 184 Å². The zero-order valence-corrected chi connectivity index (χ0v) is 33.5. The summed E-state index contributed by atoms with van der Waals surface area (Å²) in [6, 6.07) is 7.42. The summed E-state index contributed by atoms with van der Waals surface area (Å²) in [7, 11) is 0. The standard InChI is InChI=1S/C42H47F2N11O6/c43-39(44)38-33(47-42(59)31-17-45-54-10-9-35(48-40(31)54)53-19-28-16-27(53)22-60-28)20-55(50-38)26-4-1-24(2-5-26)18-51-11-13-52(14-12-51)21-37(57)46-25-3-6-29-32(23-61-34(29)15-25)30-7-8-36(56)49-41(30)58/h3,6,9-10,15,17,20,23-24,26-28,30,39H,1-2,4-5,7-8,11-14,16,18-19,21-22H2,(H,46,57)(H,47,59)(H,49,56,58)/t24-,26-,27-,28-,30?/m0/s1. The Hall–Kier alpha value is -5.79. The van der Waals surface area contributed by atoms with Crippen LogP contribution in [0.15, 0.2) is 53.5 Å². The molecular formula is C42H47F2N11O6. The number of carbonyl (C=O) groups is 4. The van der Waals surface area contributed by atoms with Gasteiger partial charge in [-0.2, -0.15) is 10.2 Å². The summed E-state index contributed by atoms with van der Waals surface area (Å²) in [5, 5.41) is 17.4. The summed E-state index contributed by atoms with van der Waals surface area (Å²) in [6.07, 6.45) is 8.62. The van der Waals surface area contributed by atoms with Crippen LogP contribution in [0.4, 0.5) is 26.0 Å². The highest BCUT2D eigenvalue weighted by atomic mass is 19.3. The van der Waals surface area contributed by atoms with E-state index < -0.39 is 23.9 Å². The summed E-state index contributed by atoms with van der Waals surface area (Å²) < 4.78 is 43.1. The van der Waals surface area contributed by atoms with Crippen LogP contribution in [-0.2, 0) is 19.1 Å². The van der Waals surface area contributed by atoms with Crippen molar-refractivity contribution in [3.05, 3.63) is 65.9 Å². The molecule has 5 fully saturated rings. The number of ether oxygens (including phenoxy) is 1. The van der Waals surface area contributed by atoms with Gasteiger partial charge in [0.15, 0.2) is 11.3 Å². The fourth-order valence-corrected chi connectivity index (χ4v) is 9.78. The van der Waals surface area contributed by atoms with Gasteiger partial charge in [-0.15, -0.1) is 0 Å². The van der Waals surface area contributed by atoms with Crippen molar-refractivity contribution in [1.82, 2.24) is 39.5 Å². The highest BCUT2D eigenvalue weighted by Gasteiger charge is 2.40. The third kappa shape index (κ3) is 7.96. The van der Waals surface area contributed by atoms with Crippen molar-refractivity contribution in [2.75, 3.05) is 68.0 Å². The molecular weight excluding hydrogens is 793 g/mol. The van der Waals surface area contributed by atoms with E-state index in [0.29, 0.717) is 35.9 Å². The van der Waals surface area contributed by atoms with Crippen LogP contribution < -0.4 is 20.9 Å². The first-order chi connectivity index (χ1) is 29.6. The van der Waals surface area contributed by atoms with E-state index in [1.807, 2.05) is 12.1 Å². The molecule has 1 aromatic carbocycles. The SMILES string of the molecule is O=C1CCC(c2coc3cc(NC(=O)CN4CCN(C[C@H]5CC[C@H](n6cc(NC(=O)c7cnn8ccc(N9C[C@@H]%10C[C@H]9CO%10)nc78)c(C(F)F)n6)CC5)CC4)ccc23)C(=O)N1. The zero-order valence-electron chi connectivity index (χ0n) is 33.5. The minimum Gasteiger partial charge on any atom is -0.464 e. The molecule has 3 atom stereocenters. The molecule has 0 radical (unpaired) electrons. The number of carbonyl (C=O) groups excluding carboxylic acids is 4. The van der Waals surface area contributed by atoms with E-state index >= 15 is 0 Å². The maximum Gasteiger partial charge on any atom is 0.284 e. The number of furan rings is 1. The number of nitrogens with one attached hydrogen (secondary N) is 3. The summed E-state index contributed by atoms with van der Waals surface area (Å²) >= 11 is 0. The summed E-state index contributed by atoms with van der Waals surface area (Å²) in [6.45, 7) is 5.76. The summed E-state index contributed by atoms with van der Waals surface area (Å²) in [4.78, 5) is 62.0. The van der Waals surface area contributed by atoms with Crippen molar-refractivity contribution in [2.45, 2.75) is 75.5 Å². The molecule has 1 unspecified atom stereocenters. The highest BCUT2D eigenvalue weighted by Crippen LogP contribution is 2.37. The van der Waals surface area contributed by atoms with Crippen molar-refractivity contribution in [1.29, 1.82) is 0 Å². The number of hydrogen-bond acceptors (Lipinski definition) is 12. The van der Waals surface area contributed by atoms with Crippen molar-refractivity contribution in [3.8, 4) is 0 Å². The van der Waals surface area contributed by atoms with Crippen LogP contribution in [0.3, 0.4) is 0 Å². The van der Waals surface area contributed by atoms with Crippen LogP contribution in [-0.4, -0.2) is 122 Å². The second-order valence-electron chi connectivity index (χ2n) is 17.0. The monoisotopic (exact) mass is 839 g/mol. The molecule has 10 rings (SSSR count). The van der Waals surface area contributed by atoms with Crippen molar-refractivity contribution < 1.29 is 37.1 Å². The molecule has 8 heterocycles. The normalized spacial score (nSPS) is 24.9. The lowest BCUT2D eigenvalue weighted by molar-refractivity contribution is -0.134. The van der Waals surface area contributed by atoms with Gasteiger partial charge in [-0.3, -0.25) is 34.1 Å². The number of piperidine rings is 1. The smallest absolute Gasteiger partial charge is 0.284 e. The lowest BCUT2D eigenvalue weighted by Gasteiger charge is -2.38. The van der Waals surface area contributed by atoms with Gasteiger partial charge in [-0.25, -0.2) is 18.3 Å². The number of aromatic nitrogens is 5. The number of benzene rings is 1. The van der Waals surface area contributed by atoms with E-state index in [-0.39, 0.29) is 60.1 Å². The Morgan fingerprint density at radius 3 is 2.56 bits per heavy atom. The average molecular weight is 840 g/mol. The predicted octanol–water partition coefficient (Wildman–Crippen LogP) is 4.35. The minimum atomic E-state index is -2.87. The molecule has 1 saturated carbocycles. The average Bonchev–Trinajstić information content (AvgIpc) is 4.11. The quantitative estimate of drug-likeness (QED) is 0.160. The van der Waals surface area contributed by atoms with Gasteiger partial charge < -0.3 is 29.6 Å². The van der Waals surface area contributed by atoms with Gasteiger partial charge in [0.25, 0.3) is 12.3 Å². The molecule has 61 heavy (non-hydrogen) atoms. The molecule has 4 amide bonds. The number of halogens is 2. The Bertz CT molecular complexity index is 2490. The van der Waals surface area contributed by atoms with Crippen LogP contribution in [0, 0.1) is 5.92 Å². The van der Waals surface area contributed by atoms with Crippen LogP contribution in [0.25, 0.3) is 16.6 Å². The van der Waals surface area contributed by atoms with Gasteiger partial charge in [0.05, 0.1) is 55.4 Å². The largest absolute Gasteiger partial charge is 0.464 e. The van der Waals surface area contributed by atoms with E-state index in [1.165, 1.54) is 16.9 Å². The van der Waals surface area contributed by atoms with Crippen molar-refractivity contribution >= 4 is 57.4 Å². The highest BCUT2D eigenvalue weighted by molar-refractivity contribution is 6.08. The van der Waals surface area contributed by atoms with Crippen LogP contribution >= 0.6 is 0 Å². The van der Waals surface area contributed by atoms with E-state index in [4.69, 9.17) is 14.1 Å². The third-order valence-corrected chi connectivity index (χ3v) is 13.1. The Morgan fingerprint density at radius 1 is 0.984 bits per heavy atom. The molecule has 19 heteroatoms. The number of anilines is 3. The van der Waals surface area contributed by atoms with Crippen LogP contribution in [0.5, 0.6) is 0 Å². The minimum absolute atomic E-state index is 0.0163. The maximum absolute atomic E-state index is 14.3. The molecule has 5 aromatic rings. The number of piperazine rings is 1. The Morgan fingerprint density at radius 2 is 1.80 bits per heavy atom. The molecule has 4 aromatic heterocycles. The lowest BCUT2D eigenvalue weighted by Crippen LogP contribution is -2.49. The molecule has 320 valence electrons. The number of nitrogens with zero attached hydrogens (tertiary/aromatic N) is 8. The first kappa shape index (κ1) is 39.4. The van der Waals surface area contributed by atoms with Gasteiger partial charge in [0.1, 0.15) is 17.0 Å². The molecule has 5 aliphatic rings. The van der Waals surface area contributed by atoms with Gasteiger partial charge in [-0.05, 0) is 62.6 Å². The Kier molecular flexibility index (Phi) is 10.5. The van der Waals surface area contributed by atoms with Gasteiger partial charge >= 0.3 is 0 Å². The van der Waals surface area contributed by atoms with Crippen molar-refractivity contribution in [2.24, 2.45) is 5.92 Å². The van der Waals surface area contributed by atoms with Crippen LogP contribution in [0.2, 0.25) is 0 Å². The van der Waals surface area contributed by atoms with E-state index in [1.54, 1.807) is 29.3 Å². The van der Waals surface area contributed by atoms with Gasteiger partial charge in [-0.1, -0.05) is 0 Å². The molecule has 4 aliphatic heterocycles. The number of morpholine rings is 1. The van der Waals surface area contributed by atoms with Crippen molar-refractivity contribution in [3.63, 3.8) is 0 Å². The number of rotatable bonds is 11. The molecule has 2 bridgehead atoms. The summed E-state index contributed by atoms with van der Waals surface area (Å²) in [5.74, 6) is -0.562. The number of amides is 4.